The average Bonchev–Trinajstić information content (AvgIpc) is 2.78. The Morgan fingerprint density at radius 1 is 0.586 bits per heavy atom. The molecule has 0 amide bonds. The van der Waals surface area contributed by atoms with E-state index in [9.17, 15) is 0 Å². The first-order valence-electron chi connectivity index (χ1n) is 10.3. The number of rotatable bonds is 1. The van der Waals surface area contributed by atoms with Crippen LogP contribution in [0.5, 0.6) is 0 Å². The van der Waals surface area contributed by atoms with Gasteiger partial charge in [0.2, 0.25) is 0 Å². The molecule has 0 atom stereocenters. The predicted molar refractivity (Wildman–Crippen MR) is 128 cm³/mol. The first-order chi connectivity index (χ1) is 14.3. The molecule has 0 aliphatic carbocycles. The molecule has 0 bridgehead atoms. The molecule has 0 spiro atoms. The van der Waals surface area contributed by atoms with Crippen molar-refractivity contribution in [1.82, 2.24) is 0 Å². The third-order valence-electron chi connectivity index (χ3n) is 5.37. The third-order valence-corrected chi connectivity index (χ3v) is 13.2. The van der Waals surface area contributed by atoms with E-state index >= 15 is 4.57 Å². The summed E-state index contributed by atoms with van der Waals surface area (Å²) in [6.45, 7) is 0. The van der Waals surface area contributed by atoms with Crippen LogP contribution in [0.25, 0.3) is 0 Å². The zero-order valence-corrected chi connectivity index (χ0v) is 20.9. The zero-order chi connectivity index (χ0) is 19.9. The topological polar surface area (TPSA) is 17.1 Å². The molecule has 4 heteroatoms. The minimum atomic E-state index is -2.90. The van der Waals surface area contributed by atoms with Crippen LogP contribution in [-0.4, -0.2) is 29.9 Å². The Balaban J connectivity index is 1.92. The number of hydrogen-bond acceptors (Lipinski definition) is 1. The molecule has 1 heterocycles. The van der Waals surface area contributed by atoms with Gasteiger partial charge in [-0.25, -0.2) is 0 Å². The van der Waals surface area contributed by atoms with Gasteiger partial charge in [-0.15, -0.1) is 0 Å². The molecule has 0 saturated carbocycles. The molecule has 150 valence electrons. The van der Waals surface area contributed by atoms with E-state index in [1.54, 1.807) is 0 Å². The Bertz CT molecular complexity index is 929. The SMILES string of the molecule is O=P1(c2ccccc2)c2ccccc2C[Se]CCCCC[Se]Cc2ccccc21. The van der Waals surface area contributed by atoms with Crippen molar-refractivity contribution in [1.29, 1.82) is 0 Å². The van der Waals surface area contributed by atoms with Crippen molar-refractivity contribution in [3.63, 3.8) is 0 Å². The van der Waals surface area contributed by atoms with Gasteiger partial charge < -0.3 is 0 Å². The second-order valence-corrected chi connectivity index (χ2v) is 14.7. The Morgan fingerprint density at radius 2 is 1.07 bits per heavy atom. The van der Waals surface area contributed by atoms with Gasteiger partial charge in [-0.3, -0.25) is 0 Å². The van der Waals surface area contributed by atoms with Crippen molar-refractivity contribution in [3.05, 3.63) is 90.0 Å². The fourth-order valence-corrected chi connectivity index (χ4v) is 11.8. The van der Waals surface area contributed by atoms with E-state index in [1.165, 1.54) is 41.0 Å². The molecule has 29 heavy (non-hydrogen) atoms. The van der Waals surface area contributed by atoms with Gasteiger partial charge in [0.05, 0.1) is 0 Å². The van der Waals surface area contributed by atoms with Gasteiger partial charge >= 0.3 is 188 Å². The van der Waals surface area contributed by atoms with E-state index in [1.807, 2.05) is 18.2 Å². The van der Waals surface area contributed by atoms with Gasteiger partial charge in [-0.05, 0) is 0 Å². The van der Waals surface area contributed by atoms with Gasteiger partial charge in [-0.1, -0.05) is 0 Å². The number of fused-ring (bicyclic) bond motifs is 2. The van der Waals surface area contributed by atoms with Gasteiger partial charge in [0.1, 0.15) is 0 Å². The van der Waals surface area contributed by atoms with E-state index in [4.69, 9.17) is 0 Å². The maximum atomic E-state index is 15.1. The van der Waals surface area contributed by atoms with Crippen LogP contribution in [0, 0.1) is 0 Å². The Hall–Kier alpha value is -1.07. The fraction of sp³-hybridized carbons (Fsp3) is 0.280. The molecule has 0 unspecified atom stereocenters. The van der Waals surface area contributed by atoms with Crippen LogP contribution in [0.1, 0.15) is 30.4 Å². The Kier molecular flexibility index (Phi) is 7.52. The van der Waals surface area contributed by atoms with Crippen molar-refractivity contribution in [2.45, 2.75) is 40.5 Å². The number of benzene rings is 3. The molecule has 0 saturated heterocycles. The molecule has 0 aromatic heterocycles. The van der Waals surface area contributed by atoms with E-state index < -0.39 is 7.14 Å². The molecule has 3 aromatic rings. The molecule has 1 nitrogen and oxygen atoms in total. The van der Waals surface area contributed by atoms with Crippen LogP contribution in [0.15, 0.2) is 78.9 Å². The Labute approximate surface area is 187 Å². The van der Waals surface area contributed by atoms with Crippen LogP contribution >= 0.6 is 7.14 Å². The van der Waals surface area contributed by atoms with Crippen LogP contribution < -0.4 is 15.9 Å². The standard InChI is InChI=1S/C25H27OPSe2/c26-27(23-13-3-1-4-14-23)24-15-7-5-11-21(24)19-28-17-9-2-10-18-29-20-22-12-6-8-16-25(22)27/h1,3-8,11-16H,2,9-10,17-20H2. The fourth-order valence-electron chi connectivity index (χ4n) is 3.88. The third kappa shape index (κ3) is 4.82. The minimum absolute atomic E-state index is 0.576. The summed E-state index contributed by atoms with van der Waals surface area (Å²) in [5, 5.41) is 7.90. The summed E-state index contributed by atoms with van der Waals surface area (Å²) < 4.78 is 15.1. The second-order valence-electron chi connectivity index (χ2n) is 7.37. The zero-order valence-electron chi connectivity index (χ0n) is 16.6. The van der Waals surface area contributed by atoms with E-state index in [0.29, 0.717) is 29.9 Å². The monoisotopic (exact) mass is 534 g/mol. The molecule has 0 radical (unpaired) electrons. The summed E-state index contributed by atoms with van der Waals surface area (Å²) in [6, 6.07) is 27.2. The summed E-state index contributed by atoms with van der Waals surface area (Å²) in [6.07, 6.45) is 4.08. The molecule has 1 aliphatic heterocycles. The predicted octanol–water partition coefficient (Wildman–Crippen LogP) is 4.75. The summed E-state index contributed by atoms with van der Waals surface area (Å²) in [5.41, 5.74) is 2.58. The second kappa shape index (κ2) is 10.3. The van der Waals surface area contributed by atoms with Crippen LogP contribution in [0.2, 0.25) is 10.6 Å². The van der Waals surface area contributed by atoms with Gasteiger partial charge in [-0.2, -0.15) is 0 Å². The quantitative estimate of drug-likeness (QED) is 0.327. The summed E-state index contributed by atoms with van der Waals surface area (Å²) in [7, 11) is -2.90. The van der Waals surface area contributed by atoms with Gasteiger partial charge in [0.25, 0.3) is 0 Å². The van der Waals surface area contributed by atoms with Crippen molar-refractivity contribution in [2.75, 3.05) is 0 Å². The normalized spacial score (nSPS) is 17.5. The molecule has 4 rings (SSSR count). The summed E-state index contributed by atoms with van der Waals surface area (Å²) in [5.74, 6) is 0. The molecule has 1 aliphatic rings. The van der Waals surface area contributed by atoms with Crippen molar-refractivity contribution in [2.24, 2.45) is 0 Å². The van der Waals surface area contributed by atoms with Crippen molar-refractivity contribution >= 4 is 53.0 Å². The maximum absolute atomic E-state index is 15.1. The molecular weight excluding hydrogens is 505 g/mol. The van der Waals surface area contributed by atoms with Crippen molar-refractivity contribution < 1.29 is 4.57 Å². The number of hydrogen-bond donors (Lipinski definition) is 0. The molecule has 3 aromatic carbocycles. The van der Waals surface area contributed by atoms with Gasteiger partial charge in [0.15, 0.2) is 0 Å². The first-order valence-corrected chi connectivity index (χ1v) is 16.8. The Morgan fingerprint density at radius 3 is 1.62 bits per heavy atom. The van der Waals surface area contributed by atoms with E-state index in [0.717, 1.165) is 26.6 Å². The molecule has 0 fully saturated rings. The van der Waals surface area contributed by atoms with Crippen molar-refractivity contribution in [3.8, 4) is 0 Å². The van der Waals surface area contributed by atoms with Crippen LogP contribution in [0.4, 0.5) is 0 Å². The summed E-state index contributed by atoms with van der Waals surface area (Å²) >= 11 is 1.15. The summed E-state index contributed by atoms with van der Waals surface area (Å²) in [4.78, 5) is 0. The van der Waals surface area contributed by atoms with Gasteiger partial charge in [0, 0.05) is 0 Å². The first kappa shape index (κ1) is 21.2. The molecule has 0 N–H and O–H groups in total. The molecular formula is C25H27OPSe2. The van der Waals surface area contributed by atoms with E-state index in [-0.39, 0.29) is 0 Å². The van der Waals surface area contributed by atoms with Crippen LogP contribution in [0.3, 0.4) is 0 Å². The van der Waals surface area contributed by atoms with Crippen LogP contribution in [-0.2, 0) is 15.2 Å². The van der Waals surface area contributed by atoms with E-state index in [2.05, 4.69) is 60.7 Å². The average molecular weight is 532 g/mol.